The highest BCUT2D eigenvalue weighted by Gasteiger charge is 2.26. The fraction of sp³-hybridized carbons (Fsp3) is 0.467. The third-order valence-corrected chi connectivity index (χ3v) is 3.79. The van der Waals surface area contributed by atoms with E-state index in [1.807, 2.05) is 19.1 Å². The fourth-order valence-electron chi connectivity index (χ4n) is 2.44. The van der Waals surface area contributed by atoms with Crippen molar-refractivity contribution in [1.82, 2.24) is 0 Å². The van der Waals surface area contributed by atoms with Crippen molar-refractivity contribution in [2.24, 2.45) is 5.92 Å². The van der Waals surface area contributed by atoms with Gasteiger partial charge in [0.05, 0.1) is 12.5 Å². The molecule has 4 nitrogen and oxygen atoms in total. The number of benzene rings is 1. The molecule has 1 aliphatic rings. The summed E-state index contributed by atoms with van der Waals surface area (Å²) in [6, 6.07) is 7.23. The van der Waals surface area contributed by atoms with Gasteiger partial charge in [0.15, 0.2) is 0 Å². The zero-order valence-electron chi connectivity index (χ0n) is 11.5. The van der Waals surface area contributed by atoms with Crippen LogP contribution in [-0.4, -0.2) is 30.9 Å². The Bertz CT molecular complexity index is 478. The number of piperidine rings is 1. The smallest absolute Gasteiger partial charge is 0.309 e. The molecule has 1 fully saturated rings. The number of hydrogen-bond acceptors (Lipinski definition) is 4. The lowest BCUT2D eigenvalue weighted by Crippen LogP contribution is -2.36. The highest BCUT2D eigenvalue weighted by atomic mass is 35.5. The monoisotopic (exact) mass is 295 g/mol. The fourth-order valence-corrected chi connectivity index (χ4v) is 2.56. The molecular formula is C15H18ClNO3. The van der Waals surface area contributed by atoms with E-state index in [1.54, 1.807) is 12.1 Å². The summed E-state index contributed by atoms with van der Waals surface area (Å²) in [4.78, 5) is 24.9. The molecule has 2 rings (SSSR count). The van der Waals surface area contributed by atoms with Crippen molar-refractivity contribution in [1.29, 1.82) is 0 Å². The molecule has 0 bridgehead atoms. The van der Waals surface area contributed by atoms with Gasteiger partial charge in [-0.3, -0.25) is 9.59 Å². The van der Waals surface area contributed by atoms with E-state index < -0.39 is 5.24 Å². The summed E-state index contributed by atoms with van der Waals surface area (Å²) in [5, 5.41) is -0.447. The van der Waals surface area contributed by atoms with Crippen LogP contribution in [0.3, 0.4) is 0 Å². The van der Waals surface area contributed by atoms with Gasteiger partial charge in [-0.2, -0.15) is 0 Å². The Morgan fingerprint density at radius 3 is 2.35 bits per heavy atom. The minimum Gasteiger partial charge on any atom is -0.466 e. The highest BCUT2D eigenvalue weighted by molar-refractivity contribution is 6.67. The molecule has 0 saturated carbocycles. The first-order valence-electron chi connectivity index (χ1n) is 6.83. The van der Waals surface area contributed by atoms with E-state index in [0.717, 1.165) is 31.6 Å². The SMILES string of the molecule is CCOC(=O)C1CCN(c2ccc(C(=O)Cl)cc2)CC1. The van der Waals surface area contributed by atoms with Crippen molar-refractivity contribution in [2.45, 2.75) is 19.8 Å². The number of carbonyl (C=O) groups is 2. The van der Waals surface area contributed by atoms with Gasteiger partial charge in [0.1, 0.15) is 0 Å². The largest absolute Gasteiger partial charge is 0.466 e. The van der Waals surface area contributed by atoms with E-state index in [-0.39, 0.29) is 11.9 Å². The average Bonchev–Trinajstić information content (AvgIpc) is 2.48. The Hall–Kier alpha value is -1.55. The van der Waals surface area contributed by atoms with Crippen molar-refractivity contribution in [3.63, 3.8) is 0 Å². The number of anilines is 1. The summed E-state index contributed by atoms with van der Waals surface area (Å²) in [5.74, 6) is -0.0786. The molecule has 1 aliphatic heterocycles. The van der Waals surface area contributed by atoms with Gasteiger partial charge in [0.2, 0.25) is 0 Å². The molecule has 0 N–H and O–H groups in total. The number of ether oxygens (including phenoxy) is 1. The van der Waals surface area contributed by atoms with Gasteiger partial charge in [-0.1, -0.05) is 0 Å². The van der Waals surface area contributed by atoms with Crippen LogP contribution >= 0.6 is 11.6 Å². The third-order valence-electron chi connectivity index (χ3n) is 3.57. The summed E-state index contributed by atoms with van der Waals surface area (Å²) in [7, 11) is 0. The predicted molar refractivity (Wildman–Crippen MR) is 78.2 cm³/mol. The highest BCUT2D eigenvalue weighted by Crippen LogP contribution is 2.24. The van der Waals surface area contributed by atoms with Gasteiger partial charge in [0, 0.05) is 24.3 Å². The van der Waals surface area contributed by atoms with E-state index in [2.05, 4.69) is 4.90 Å². The zero-order valence-corrected chi connectivity index (χ0v) is 12.2. The minimum absolute atomic E-state index is 0.00916. The summed E-state index contributed by atoms with van der Waals surface area (Å²) in [6.45, 7) is 3.90. The number of hydrogen-bond donors (Lipinski definition) is 0. The van der Waals surface area contributed by atoms with Crippen molar-refractivity contribution in [3.8, 4) is 0 Å². The quantitative estimate of drug-likeness (QED) is 0.633. The standard InChI is InChI=1S/C15H18ClNO3/c1-2-20-15(19)12-7-9-17(10-8-12)13-5-3-11(4-6-13)14(16)18/h3-6,12H,2,7-10H2,1H3. The van der Waals surface area contributed by atoms with Gasteiger partial charge in [-0.15, -0.1) is 0 Å². The van der Waals surface area contributed by atoms with Crippen LogP contribution in [0.15, 0.2) is 24.3 Å². The van der Waals surface area contributed by atoms with Gasteiger partial charge >= 0.3 is 5.97 Å². The molecule has 0 spiro atoms. The van der Waals surface area contributed by atoms with Crippen LogP contribution in [0.1, 0.15) is 30.1 Å². The lowest BCUT2D eigenvalue weighted by atomic mass is 9.96. The normalized spacial score (nSPS) is 16.0. The maximum atomic E-state index is 11.7. The van der Waals surface area contributed by atoms with E-state index in [9.17, 15) is 9.59 Å². The molecule has 1 heterocycles. The van der Waals surface area contributed by atoms with Crippen molar-refractivity contribution >= 4 is 28.5 Å². The number of halogens is 1. The van der Waals surface area contributed by atoms with Crippen LogP contribution in [0.25, 0.3) is 0 Å². The number of esters is 1. The topological polar surface area (TPSA) is 46.6 Å². The molecule has 20 heavy (non-hydrogen) atoms. The first-order chi connectivity index (χ1) is 9.61. The average molecular weight is 296 g/mol. The van der Waals surface area contributed by atoms with Gasteiger partial charge in [0.25, 0.3) is 5.24 Å². The molecule has 0 aliphatic carbocycles. The molecule has 5 heteroatoms. The summed E-state index contributed by atoms with van der Waals surface area (Å²) in [6.07, 6.45) is 1.60. The summed E-state index contributed by atoms with van der Waals surface area (Å²) < 4.78 is 5.05. The molecule has 108 valence electrons. The van der Waals surface area contributed by atoms with E-state index in [1.165, 1.54) is 0 Å². The first-order valence-corrected chi connectivity index (χ1v) is 7.21. The van der Waals surface area contributed by atoms with Crippen LogP contribution in [-0.2, 0) is 9.53 Å². The molecule has 0 aromatic heterocycles. The molecule has 1 saturated heterocycles. The van der Waals surface area contributed by atoms with Crippen molar-refractivity contribution < 1.29 is 14.3 Å². The van der Waals surface area contributed by atoms with Crippen LogP contribution in [0, 0.1) is 5.92 Å². The maximum Gasteiger partial charge on any atom is 0.309 e. The third kappa shape index (κ3) is 3.51. The number of carbonyl (C=O) groups excluding carboxylic acids is 2. The summed E-state index contributed by atoms with van der Waals surface area (Å²) in [5.41, 5.74) is 1.55. The number of rotatable bonds is 4. The van der Waals surface area contributed by atoms with E-state index >= 15 is 0 Å². The Kier molecular flexibility index (Phi) is 5.01. The van der Waals surface area contributed by atoms with Gasteiger partial charge < -0.3 is 9.64 Å². The van der Waals surface area contributed by atoms with Crippen LogP contribution < -0.4 is 4.90 Å². The lowest BCUT2D eigenvalue weighted by molar-refractivity contribution is -0.148. The second-order valence-electron chi connectivity index (χ2n) is 4.83. The van der Waals surface area contributed by atoms with E-state index in [0.29, 0.717) is 12.2 Å². The second-order valence-corrected chi connectivity index (χ2v) is 5.18. The van der Waals surface area contributed by atoms with Crippen molar-refractivity contribution in [2.75, 3.05) is 24.6 Å². The van der Waals surface area contributed by atoms with Crippen molar-refractivity contribution in [3.05, 3.63) is 29.8 Å². The lowest BCUT2D eigenvalue weighted by Gasteiger charge is -2.32. The second kappa shape index (κ2) is 6.75. The molecule has 0 unspecified atom stereocenters. The Balaban J connectivity index is 1.93. The summed E-state index contributed by atoms with van der Waals surface area (Å²) >= 11 is 5.42. The van der Waals surface area contributed by atoms with Gasteiger partial charge in [-0.25, -0.2) is 0 Å². The van der Waals surface area contributed by atoms with E-state index in [4.69, 9.17) is 16.3 Å². The predicted octanol–water partition coefficient (Wildman–Crippen LogP) is 2.85. The minimum atomic E-state index is -0.447. The molecule has 0 radical (unpaired) electrons. The van der Waals surface area contributed by atoms with Gasteiger partial charge in [-0.05, 0) is 55.6 Å². The number of nitrogens with zero attached hydrogens (tertiary/aromatic N) is 1. The van der Waals surface area contributed by atoms with Crippen LogP contribution in [0.5, 0.6) is 0 Å². The Morgan fingerprint density at radius 2 is 1.85 bits per heavy atom. The molecular weight excluding hydrogens is 278 g/mol. The molecule has 1 aromatic carbocycles. The first kappa shape index (κ1) is 14.9. The maximum absolute atomic E-state index is 11.7. The van der Waals surface area contributed by atoms with Crippen LogP contribution in [0.4, 0.5) is 5.69 Å². The zero-order chi connectivity index (χ0) is 14.5. The molecule has 0 amide bonds. The Labute approximate surface area is 123 Å². The van der Waals surface area contributed by atoms with Crippen LogP contribution in [0.2, 0.25) is 0 Å². The molecule has 0 atom stereocenters. The Morgan fingerprint density at radius 1 is 1.25 bits per heavy atom. The molecule has 1 aromatic rings.